The van der Waals surface area contributed by atoms with E-state index in [1.54, 1.807) is 24.3 Å². The minimum Gasteiger partial charge on any atom is -0.454 e. The number of hydrogen-bond acceptors (Lipinski definition) is 5. The lowest BCUT2D eigenvalue weighted by atomic mass is 9.74. The van der Waals surface area contributed by atoms with Crippen LogP contribution in [0.15, 0.2) is 42.5 Å². The summed E-state index contributed by atoms with van der Waals surface area (Å²) in [5.74, 6) is 1.21. The Bertz CT molecular complexity index is 1010. The molecule has 2 aliphatic heterocycles. The average molecular weight is 439 g/mol. The van der Waals surface area contributed by atoms with Gasteiger partial charge in [0, 0.05) is 41.8 Å². The van der Waals surface area contributed by atoms with Crippen molar-refractivity contribution in [1.82, 2.24) is 5.32 Å². The lowest BCUT2D eigenvalue weighted by Gasteiger charge is -2.38. The number of fused-ring (bicyclic) bond motifs is 1. The second-order valence-corrected chi connectivity index (χ2v) is 9.43. The molecule has 0 atom stereocenters. The first-order chi connectivity index (χ1) is 15.3. The average Bonchev–Trinajstić information content (AvgIpc) is 3.26. The summed E-state index contributed by atoms with van der Waals surface area (Å²) < 4.78 is 16.6. The third kappa shape index (κ3) is 4.72. The Hall–Kier alpha value is -3.06. The minimum absolute atomic E-state index is 0.0981. The lowest BCUT2D eigenvalue weighted by Crippen LogP contribution is -2.44. The second kappa shape index (κ2) is 8.82. The molecule has 7 heteroatoms. The zero-order chi connectivity index (χ0) is 22.8. The van der Waals surface area contributed by atoms with E-state index in [4.69, 9.17) is 14.2 Å². The van der Waals surface area contributed by atoms with Gasteiger partial charge in [-0.25, -0.2) is 0 Å². The summed E-state index contributed by atoms with van der Waals surface area (Å²) in [6.45, 7) is 7.53. The van der Waals surface area contributed by atoms with Crippen LogP contribution in [0.3, 0.4) is 0 Å². The number of amides is 2. The molecule has 0 saturated carbocycles. The van der Waals surface area contributed by atoms with Gasteiger partial charge in [-0.05, 0) is 48.7 Å². The SMILES string of the molecule is CC(C)(C)C(=O)Nc1cccc(C(=O)NCC2(c3ccc4c(c3)OCO4)CCOCC2)c1. The number of hydrogen-bond donors (Lipinski definition) is 2. The normalized spacial score (nSPS) is 17.0. The van der Waals surface area contributed by atoms with Crippen LogP contribution in [0.1, 0.15) is 49.5 Å². The molecule has 2 amide bonds. The summed E-state index contributed by atoms with van der Waals surface area (Å²) in [5, 5.41) is 5.99. The summed E-state index contributed by atoms with van der Waals surface area (Å²) >= 11 is 0. The predicted octanol–water partition coefficient (Wildman–Crippen LogP) is 3.88. The van der Waals surface area contributed by atoms with Crippen molar-refractivity contribution in [3.8, 4) is 11.5 Å². The first-order valence-corrected chi connectivity index (χ1v) is 10.9. The van der Waals surface area contributed by atoms with E-state index in [1.165, 1.54) is 0 Å². The number of nitrogens with one attached hydrogen (secondary N) is 2. The Labute approximate surface area is 188 Å². The van der Waals surface area contributed by atoms with Gasteiger partial charge in [-0.15, -0.1) is 0 Å². The number of carbonyl (C=O) groups is 2. The van der Waals surface area contributed by atoms with Crippen molar-refractivity contribution < 1.29 is 23.8 Å². The maximum absolute atomic E-state index is 13.0. The fourth-order valence-corrected chi connectivity index (χ4v) is 3.96. The molecule has 0 bridgehead atoms. The van der Waals surface area contributed by atoms with Crippen molar-refractivity contribution in [2.75, 3.05) is 31.9 Å². The Balaban J connectivity index is 1.49. The molecule has 2 aromatic rings. The summed E-state index contributed by atoms with van der Waals surface area (Å²) in [6, 6.07) is 13.0. The number of benzene rings is 2. The highest BCUT2D eigenvalue weighted by atomic mass is 16.7. The van der Waals surface area contributed by atoms with Crippen molar-refractivity contribution in [3.05, 3.63) is 53.6 Å². The predicted molar refractivity (Wildman–Crippen MR) is 121 cm³/mol. The van der Waals surface area contributed by atoms with E-state index >= 15 is 0 Å². The van der Waals surface area contributed by atoms with Crippen LogP contribution in [-0.2, 0) is 14.9 Å². The molecular formula is C25H30N2O5. The monoisotopic (exact) mass is 438 g/mol. The molecule has 0 unspecified atom stereocenters. The van der Waals surface area contributed by atoms with Gasteiger partial charge in [-0.3, -0.25) is 9.59 Å². The van der Waals surface area contributed by atoms with Crippen LogP contribution >= 0.6 is 0 Å². The molecule has 0 aliphatic carbocycles. The highest BCUT2D eigenvalue weighted by Gasteiger charge is 2.36. The van der Waals surface area contributed by atoms with E-state index in [0.717, 1.165) is 29.9 Å². The largest absolute Gasteiger partial charge is 0.454 e. The van der Waals surface area contributed by atoms with E-state index in [0.29, 0.717) is 31.0 Å². The van der Waals surface area contributed by atoms with E-state index < -0.39 is 5.41 Å². The summed E-state index contributed by atoms with van der Waals surface area (Å²) in [7, 11) is 0. The number of ether oxygens (including phenoxy) is 3. The molecular weight excluding hydrogens is 408 g/mol. The highest BCUT2D eigenvalue weighted by Crippen LogP contribution is 2.40. The van der Waals surface area contributed by atoms with E-state index in [-0.39, 0.29) is 24.0 Å². The van der Waals surface area contributed by atoms with Crippen LogP contribution in [0.4, 0.5) is 5.69 Å². The summed E-state index contributed by atoms with van der Waals surface area (Å²) in [4.78, 5) is 25.3. The van der Waals surface area contributed by atoms with Crippen molar-refractivity contribution in [1.29, 1.82) is 0 Å². The molecule has 7 nitrogen and oxygen atoms in total. The molecule has 32 heavy (non-hydrogen) atoms. The fourth-order valence-electron chi connectivity index (χ4n) is 3.96. The topological polar surface area (TPSA) is 85.9 Å². The van der Waals surface area contributed by atoms with Gasteiger partial charge in [0.1, 0.15) is 0 Å². The highest BCUT2D eigenvalue weighted by molar-refractivity contribution is 5.98. The first kappa shape index (κ1) is 22.1. The number of carbonyl (C=O) groups excluding carboxylic acids is 2. The van der Waals surface area contributed by atoms with Crippen LogP contribution in [0.25, 0.3) is 0 Å². The number of anilines is 1. The van der Waals surface area contributed by atoms with Gasteiger partial charge in [0.2, 0.25) is 12.7 Å². The van der Waals surface area contributed by atoms with Gasteiger partial charge >= 0.3 is 0 Å². The van der Waals surface area contributed by atoms with Crippen molar-refractivity contribution in [2.45, 2.75) is 39.0 Å². The molecule has 2 heterocycles. The van der Waals surface area contributed by atoms with Crippen LogP contribution in [0, 0.1) is 5.41 Å². The molecule has 1 saturated heterocycles. The molecule has 0 spiro atoms. The van der Waals surface area contributed by atoms with Crippen LogP contribution in [0.2, 0.25) is 0 Å². The molecule has 1 fully saturated rings. The second-order valence-electron chi connectivity index (χ2n) is 9.43. The zero-order valence-corrected chi connectivity index (χ0v) is 18.8. The molecule has 2 N–H and O–H groups in total. The van der Waals surface area contributed by atoms with Crippen LogP contribution in [-0.4, -0.2) is 38.4 Å². The standard InChI is InChI=1S/C25H30N2O5/c1-24(2,3)23(29)27-19-6-4-5-17(13-19)22(28)26-15-25(9-11-30-12-10-25)18-7-8-20-21(14-18)32-16-31-20/h4-8,13-14H,9-12,15-16H2,1-3H3,(H,26,28)(H,27,29). The van der Waals surface area contributed by atoms with Crippen LogP contribution in [0.5, 0.6) is 11.5 Å². The smallest absolute Gasteiger partial charge is 0.251 e. The lowest BCUT2D eigenvalue weighted by molar-refractivity contribution is -0.123. The molecule has 4 rings (SSSR count). The minimum atomic E-state index is -0.516. The zero-order valence-electron chi connectivity index (χ0n) is 18.8. The van der Waals surface area contributed by atoms with Gasteiger partial charge in [-0.1, -0.05) is 32.9 Å². The quantitative estimate of drug-likeness (QED) is 0.740. The van der Waals surface area contributed by atoms with Crippen molar-refractivity contribution in [3.63, 3.8) is 0 Å². The summed E-state index contributed by atoms with van der Waals surface area (Å²) in [5.41, 5.74) is 1.46. The Morgan fingerprint density at radius 3 is 2.50 bits per heavy atom. The van der Waals surface area contributed by atoms with Crippen molar-refractivity contribution >= 4 is 17.5 Å². The Kier molecular flexibility index (Phi) is 6.11. The molecule has 0 aromatic heterocycles. The fraction of sp³-hybridized carbons (Fsp3) is 0.440. The Morgan fingerprint density at radius 1 is 1.00 bits per heavy atom. The van der Waals surface area contributed by atoms with Crippen LogP contribution < -0.4 is 20.1 Å². The maximum atomic E-state index is 13.0. The van der Waals surface area contributed by atoms with Gasteiger partial charge < -0.3 is 24.8 Å². The van der Waals surface area contributed by atoms with E-state index in [9.17, 15) is 9.59 Å². The third-order valence-electron chi connectivity index (χ3n) is 6.09. The third-order valence-corrected chi connectivity index (χ3v) is 6.09. The van der Waals surface area contributed by atoms with Crippen molar-refractivity contribution in [2.24, 2.45) is 5.41 Å². The molecule has 0 radical (unpaired) electrons. The van der Waals surface area contributed by atoms with E-state index in [1.807, 2.05) is 39.0 Å². The van der Waals surface area contributed by atoms with Gasteiger partial charge in [-0.2, -0.15) is 0 Å². The van der Waals surface area contributed by atoms with E-state index in [2.05, 4.69) is 10.6 Å². The molecule has 170 valence electrons. The number of rotatable bonds is 5. The maximum Gasteiger partial charge on any atom is 0.251 e. The summed E-state index contributed by atoms with van der Waals surface area (Å²) in [6.07, 6.45) is 1.60. The molecule has 2 aliphatic rings. The van der Waals surface area contributed by atoms with Gasteiger partial charge in [0.15, 0.2) is 11.5 Å². The van der Waals surface area contributed by atoms with Gasteiger partial charge in [0.25, 0.3) is 5.91 Å². The Morgan fingerprint density at radius 2 is 1.75 bits per heavy atom. The first-order valence-electron chi connectivity index (χ1n) is 10.9. The van der Waals surface area contributed by atoms with Gasteiger partial charge in [0.05, 0.1) is 0 Å². The molecule has 2 aromatic carbocycles.